The number of ether oxygens (including phenoxy) is 2. The number of hydrogen-bond acceptors (Lipinski definition) is 10. The Hall–Kier alpha value is -1.99. The fraction of sp³-hybridized carbons (Fsp3) is 0.588. The van der Waals surface area contributed by atoms with Crippen LogP contribution in [0.25, 0.3) is 0 Å². The fourth-order valence-electron chi connectivity index (χ4n) is 3.51. The first-order valence-electron chi connectivity index (χ1n) is 9.59. The van der Waals surface area contributed by atoms with Crippen molar-refractivity contribution in [2.24, 2.45) is 0 Å². The van der Waals surface area contributed by atoms with Gasteiger partial charge in [-0.05, 0) is 12.8 Å². The van der Waals surface area contributed by atoms with Crippen molar-refractivity contribution < 1.29 is 17.9 Å². The van der Waals surface area contributed by atoms with Crippen molar-refractivity contribution in [1.82, 2.24) is 20.0 Å². The topological polar surface area (TPSA) is 150 Å². The van der Waals surface area contributed by atoms with Gasteiger partial charge in [-0.15, -0.1) is 0 Å². The molecule has 5 N–H and O–H groups in total. The molecule has 4 rings (SSSR count). The van der Waals surface area contributed by atoms with Gasteiger partial charge in [0.25, 0.3) is 0 Å². The molecule has 0 aromatic carbocycles. The molecule has 4 unspecified atom stereocenters. The first-order valence-corrected chi connectivity index (χ1v) is 11.5. The highest BCUT2D eigenvalue weighted by Gasteiger charge is 2.50. The van der Waals surface area contributed by atoms with Crippen molar-refractivity contribution in [3.8, 4) is 0 Å². The molecule has 3 fully saturated rings. The van der Waals surface area contributed by atoms with Gasteiger partial charge in [0.05, 0.1) is 42.4 Å². The lowest BCUT2D eigenvalue weighted by Crippen LogP contribution is -2.45. The molecule has 2 aliphatic heterocycles. The third kappa shape index (κ3) is 4.52. The second-order valence-corrected chi connectivity index (χ2v) is 9.76. The summed E-state index contributed by atoms with van der Waals surface area (Å²) in [5.74, 6) is 0.660. The van der Waals surface area contributed by atoms with E-state index in [1.807, 2.05) is 0 Å². The zero-order valence-electron chi connectivity index (χ0n) is 16.3. The van der Waals surface area contributed by atoms with Crippen LogP contribution in [0, 0.1) is 5.41 Å². The quantitative estimate of drug-likeness (QED) is 0.329. The highest BCUT2D eigenvalue weighted by molar-refractivity contribution is 7.90. The Balaban J connectivity index is 1.42. The van der Waals surface area contributed by atoms with Gasteiger partial charge in [0.2, 0.25) is 16.0 Å². The van der Waals surface area contributed by atoms with Gasteiger partial charge in [0.1, 0.15) is 17.2 Å². The van der Waals surface area contributed by atoms with E-state index < -0.39 is 16.1 Å². The van der Waals surface area contributed by atoms with E-state index in [4.69, 9.17) is 26.5 Å². The van der Waals surface area contributed by atoms with E-state index in [-0.39, 0.29) is 36.1 Å². The number of rotatable bonds is 9. The molecule has 4 atom stereocenters. The first kappa shape index (κ1) is 21.2. The van der Waals surface area contributed by atoms with Crippen molar-refractivity contribution in [1.29, 1.82) is 5.41 Å². The Morgan fingerprint density at radius 1 is 1.27 bits per heavy atom. The highest BCUT2D eigenvalue weighted by Crippen LogP contribution is 2.33. The van der Waals surface area contributed by atoms with Crippen LogP contribution in [0.5, 0.6) is 0 Å². The lowest BCUT2D eigenvalue weighted by Gasteiger charge is -2.19. The van der Waals surface area contributed by atoms with Crippen LogP contribution in [-0.4, -0.2) is 74.4 Å². The van der Waals surface area contributed by atoms with Gasteiger partial charge in [-0.25, -0.2) is 18.1 Å². The summed E-state index contributed by atoms with van der Waals surface area (Å²) in [6, 6.07) is -0.659. The molecule has 164 valence electrons. The van der Waals surface area contributed by atoms with Crippen molar-refractivity contribution >= 4 is 39.6 Å². The maximum atomic E-state index is 12.2. The molecule has 1 aromatic rings. The number of sulfonamides is 1. The van der Waals surface area contributed by atoms with Gasteiger partial charge in [-0.1, -0.05) is 11.6 Å². The molecule has 0 spiro atoms. The number of hydrogen-bond donors (Lipinski definition) is 5. The highest BCUT2D eigenvalue weighted by atomic mass is 35.5. The van der Waals surface area contributed by atoms with Crippen LogP contribution in [0.15, 0.2) is 18.1 Å². The molecular weight excluding hydrogens is 434 g/mol. The molecule has 1 aliphatic carbocycles. The van der Waals surface area contributed by atoms with Gasteiger partial charge in [0, 0.05) is 19.5 Å². The average Bonchev–Trinajstić information content (AvgIpc) is 3.41. The molecular formula is C17H24ClN7O4S. The van der Waals surface area contributed by atoms with E-state index in [9.17, 15) is 8.42 Å². The molecule has 1 saturated carbocycles. The molecule has 11 nitrogen and oxygen atoms in total. The lowest BCUT2D eigenvalue weighted by molar-refractivity contribution is 0.0690. The largest absolute Gasteiger partial charge is 0.392 e. The Bertz CT molecular complexity index is 940. The Labute approximate surface area is 179 Å². The van der Waals surface area contributed by atoms with Crippen LogP contribution in [0.1, 0.15) is 12.8 Å². The smallest absolute Gasteiger partial charge is 0.229 e. The van der Waals surface area contributed by atoms with Crippen LogP contribution in [0.2, 0.25) is 5.02 Å². The van der Waals surface area contributed by atoms with Crippen molar-refractivity contribution in [2.75, 3.05) is 30.9 Å². The Morgan fingerprint density at radius 2 is 1.97 bits per heavy atom. The minimum Gasteiger partial charge on any atom is -0.392 e. The molecule has 1 aromatic heterocycles. The summed E-state index contributed by atoms with van der Waals surface area (Å²) < 4.78 is 38.9. The molecule has 3 aliphatic rings. The van der Waals surface area contributed by atoms with Crippen molar-refractivity contribution in [3.63, 3.8) is 0 Å². The summed E-state index contributed by atoms with van der Waals surface area (Å²) in [4.78, 5) is 8.49. The molecule has 3 heterocycles. The van der Waals surface area contributed by atoms with Gasteiger partial charge in [-0.2, -0.15) is 4.98 Å². The van der Waals surface area contributed by atoms with E-state index in [1.54, 1.807) is 13.2 Å². The van der Waals surface area contributed by atoms with Crippen molar-refractivity contribution in [2.45, 2.75) is 42.4 Å². The lowest BCUT2D eigenvalue weighted by atomic mass is 10.1. The van der Waals surface area contributed by atoms with E-state index in [0.717, 1.165) is 6.21 Å². The number of fused-ring (bicyclic) bond motifs is 1. The number of aromatic nitrogens is 2. The standard InChI is InChI=1S/C17H24ClN7O4S/c1-20-5-9(4-19)22-17-21-6-11(18)16(24-17)23-12-7-28-15-13(8-29-14(12)15)25-30(26,27)10-2-3-10/h4-6,10,12-15,19-20,25H,2-3,7-8H2,1H3,(H2,21,22,23,24)/b9-5+,19-4?. The maximum absolute atomic E-state index is 12.2. The molecule has 30 heavy (non-hydrogen) atoms. The van der Waals surface area contributed by atoms with Crippen LogP contribution < -0.4 is 20.7 Å². The van der Waals surface area contributed by atoms with Gasteiger partial charge < -0.3 is 30.8 Å². The third-order valence-electron chi connectivity index (χ3n) is 5.11. The van der Waals surface area contributed by atoms with Crippen LogP contribution in [-0.2, 0) is 19.5 Å². The molecule has 0 radical (unpaired) electrons. The van der Waals surface area contributed by atoms with Gasteiger partial charge in [-0.3, -0.25) is 0 Å². The number of halogens is 1. The van der Waals surface area contributed by atoms with E-state index in [1.165, 1.54) is 6.20 Å². The number of nitrogens with zero attached hydrogens (tertiary/aromatic N) is 2. The van der Waals surface area contributed by atoms with Gasteiger partial charge >= 0.3 is 0 Å². The summed E-state index contributed by atoms with van der Waals surface area (Å²) in [6.07, 6.45) is 4.88. The van der Waals surface area contributed by atoms with Crippen molar-refractivity contribution in [3.05, 3.63) is 23.1 Å². The van der Waals surface area contributed by atoms with Crippen LogP contribution in [0.4, 0.5) is 11.8 Å². The Kier molecular flexibility index (Phi) is 6.11. The van der Waals surface area contributed by atoms with Gasteiger partial charge in [0.15, 0.2) is 5.82 Å². The second kappa shape index (κ2) is 8.63. The predicted molar refractivity (Wildman–Crippen MR) is 112 cm³/mol. The maximum Gasteiger partial charge on any atom is 0.229 e. The Morgan fingerprint density at radius 3 is 2.63 bits per heavy atom. The summed E-state index contributed by atoms with van der Waals surface area (Å²) in [7, 11) is -1.61. The fourth-order valence-corrected chi connectivity index (χ4v) is 5.23. The predicted octanol–water partition coefficient (Wildman–Crippen LogP) is 0.281. The molecule has 13 heteroatoms. The van der Waals surface area contributed by atoms with E-state index in [0.29, 0.717) is 36.0 Å². The summed E-state index contributed by atoms with van der Waals surface area (Å²) >= 11 is 6.25. The van der Waals surface area contributed by atoms with E-state index in [2.05, 4.69) is 30.6 Å². The average molecular weight is 458 g/mol. The SMILES string of the molecule is CN/C=C(\C=N)Nc1ncc(Cl)c(NC2COC3C(NS(=O)(=O)C4CC4)COC23)n1. The zero-order chi connectivity index (χ0) is 21.3. The molecule has 2 saturated heterocycles. The minimum absolute atomic E-state index is 0.249. The molecule has 0 amide bonds. The second-order valence-electron chi connectivity index (χ2n) is 7.36. The molecule has 0 bridgehead atoms. The number of allylic oxidation sites excluding steroid dienone is 1. The summed E-state index contributed by atoms with van der Waals surface area (Å²) in [6.45, 7) is 0.576. The minimum atomic E-state index is -3.33. The van der Waals surface area contributed by atoms with E-state index >= 15 is 0 Å². The zero-order valence-corrected chi connectivity index (χ0v) is 17.8. The van der Waals surface area contributed by atoms with Crippen LogP contribution >= 0.6 is 11.6 Å². The monoisotopic (exact) mass is 457 g/mol. The number of anilines is 2. The number of nitrogens with one attached hydrogen (secondary N) is 5. The summed E-state index contributed by atoms with van der Waals surface area (Å²) in [5, 5.41) is 16.4. The first-order chi connectivity index (χ1) is 14.4. The van der Waals surface area contributed by atoms with Crippen LogP contribution in [0.3, 0.4) is 0 Å². The third-order valence-corrected chi connectivity index (χ3v) is 7.37. The summed E-state index contributed by atoms with van der Waals surface area (Å²) in [5.41, 5.74) is 0.472. The normalized spacial score (nSPS) is 28.8.